The number of carbonyl (C=O) groups is 2. The zero-order valence-corrected chi connectivity index (χ0v) is 19.6. The first kappa shape index (κ1) is 23.1. The first-order valence-corrected chi connectivity index (χ1v) is 12.3. The van der Waals surface area contributed by atoms with Gasteiger partial charge in [-0.3, -0.25) is 9.59 Å². The second kappa shape index (κ2) is 9.03. The Morgan fingerprint density at radius 1 is 1.15 bits per heavy atom. The fourth-order valence-electron chi connectivity index (χ4n) is 3.93. The third-order valence-electron chi connectivity index (χ3n) is 5.76. The van der Waals surface area contributed by atoms with Gasteiger partial charge in [-0.15, -0.1) is 0 Å². The number of ether oxygens (including phenoxy) is 2. The number of sulfonamides is 1. The highest BCUT2D eigenvalue weighted by Gasteiger charge is 2.33. The standard InChI is InChI=1S/C23H27N3O6S/c1-4-31-18-7-5-17(6-8-18)23(28)25-9-11-26(12-10-25)33(29,30)21-14-20-19(13-15(21)2)24-22(27)16(3)32-20/h5-8,13-14,16H,4,9-12H2,1-3H3,(H,24,27)/t16-/m0/s1. The quantitative estimate of drug-likeness (QED) is 0.714. The molecule has 1 fully saturated rings. The van der Waals surface area contributed by atoms with Crippen molar-refractivity contribution in [3.8, 4) is 11.5 Å². The van der Waals surface area contributed by atoms with E-state index in [0.717, 1.165) is 0 Å². The maximum absolute atomic E-state index is 13.4. The number of carbonyl (C=O) groups excluding carboxylic acids is 2. The third-order valence-corrected chi connectivity index (χ3v) is 7.80. The lowest BCUT2D eigenvalue weighted by Gasteiger charge is -2.34. The smallest absolute Gasteiger partial charge is 0.265 e. The summed E-state index contributed by atoms with van der Waals surface area (Å²) in [6.07, 6.45) is -0.701. The van der Waals surface area contributed by atoms with Gasteiger partial charge in [-0.2, -0.15) is 4.31 Å². The Bertz CT molecular complexity index is 1170. The van der Waals surface area contributed by atoms with Gasteiger partial charge < -0.3 is 19.7 Å². The minimum Gasteiger partial charge on any atom is -0.494 e. The van der Waals surface area contributed by atoms with Crippen molar-refractivity contribution in [3.05, 3.63) is 47.5 Å². The van der Waals surface area contributed by atoms with E-state index < -0.39 is 16.1 Å². The topological polar surface area (TPSA) is 105 Å². The zero-order valence-electron chi connectivity index (χ0n) is 18.8. The van der Waals surface area contributed by atoms with Gasteiger partial charge >= 0.3 is 0 Å². The summed E-state index contributed by atoms with van der Waals surface area (Å²) in [7, 11) is -3.80. The molecule has 2 aliphatic rings. The molecule has 4 rings (SSSR count). The van der Waals surface area contributed by atoms with Crippen LogP contribution in [0.15, 0.2) is 41.3 Å². The summed E-state index contributed by atoms with van der Waals surface area (Å²) >= 11 is 0. The lowest BCUT2D eigenvalue weighted by atomic mass is 10.1. The number of hydrogen-bond donors (Lipinski definition) is 1. The van der Waals surface area contributed by atoms with Crippen LogP contribution in [0.4, 0.5) is 5.69 Å². The zero-order chi connectivity index (χ0) is 23.8. The van der Waals surface area contributed by atoms with Gasteiger partial charge in [0.1, 0.15) is 11.5 Å². The van der Waals surface area contributed by atoms with Gasteiger partial charge in [-0.1, -0.05) is 0 Å². The van der Waals surface area contributed by atoms with E-state index in [1.165, 1.54) is 10.4 Å². The number of rotatable bonds is 5. The molecule has 0 aromatic heterocycles. The third kappa shape index (κ3) is 4.53. The summed E-state index contributed by atoms with van der Waals surface area (Å²) in [6.45, 7) is 6.69. The summed E-state index contributed by atoms with van der Waals surface area (Å²) in [5, 5.41) is 2.73. The molecular formula is C23H27N3O6S. The van der Waals surface area contributed by atoms with Crippen LogP contribution in [0.25, 0.3) is 0 Å². The van der Waals surface area contributed by atoms with E-state index in [9.17, 15) is 18.0 Å². The molecule has 0 saturated carbocycles. The molecule has 0 unspecified atom stereocenters. The van der Waals surface area contributed by atoms with Gasteiger partial charge in [-0.25, -0.2) is 8.42 Å². The predicted molar refractivity (Wildman–Crippen MR) is 122 cm³/mol. The summed E-state index contributed by atoms with van der Waals surface area (Å²) < 4.78 is 39.1. The van der Waals surface area contributed by atoms with Crippen LogP contribution in [0, 0.1) is 6.92 Å². The molecule has 0 radical (unpaired) electrons. The van der Waals surface area contributed by atoms with Crippen molar-refractivity contribution in [3.63, 3.8) is 0 Å². The predicted octanol–water partition coefficient (Wildman–Crippen LogP) is 2.26. The molecule has 1 saturated heterocycles. The molecule has 1 N–H and O–H groups in total. The Balaban J connectivity index is 1.46. The minimum atomic E-state index is -3.80. The van der Waals surface area contributed by atoms with Gasteiger partial charge in [0.25, 0.3) is 11.8 Å². The number of benzene rings is 2. The molecule has 2 amide bonds. The number of piperazine rings is 1. The normalized spacial score (nSPS) is 18.8. The van der Waals surface area contributed by atoms with Gasteiger partial charge in [0.05, 0.1) is 17.2 Å². The van der Waals surface area contributed by atoms with Crippen molar-refractivity contribution >= 4 is 27.5 Å². The number of aryl methyl sites for hydroxylation is 1. The van der Waals surface area contributed by atoms with Crippen molar-refractivity contribution in [2.45, 2.75) is 31.8 Å². The molecule has 9 nitrogen and oxygen atoms in total. The fraction of sp³-hybridized carbons (Fsp3) is 0.391. The number of anilines is 1. The van der Waals surface area contributed by atoms with Gasteiger partial charge in [0, 0.05) is 37.8 Å². The van der Waals surface area contributed by atoms with Crippen LogP contribution < -0.4 is 14.8 Å². The highest BCUT2D eigenvalue weighted by molar-refractivity contribution is 7.89. The van der Waals surface area contributed by atoms with Crippen molar-refractivity contribution in [2.24, 2.45) is 0 Å². The molecular weight excluding hydrogens is 446 g/mol. The highest BCUT2D eigenvalue weighted by atomic mass is 32.2. The molecule has 2 aromatic rings. The number of nitrogens with zero attached hydrogens (tertiary/aromatic N) is 2. The SMILES string of the molecule is CCOc1ccc(C(=O)N2CCN(S(=O)(=O)c3cc4c(cc3C)NC(=O)[C@H](C)O4)CC2)cc1. The van der Waals surface area contributed by atoms with E-state index in [1.807, 2.05) is 6.92 Å². The van der Waals surface area contributed by atoms with E-state index >= 15 is 0 Å². The number of fused-ring (bicyclic) bond motifs is 1. The first-order valence-electron chi connectivity index (χ1n) is 10.8. The summed E-state index contributed by atoms with van der Waals surface area (Å²) in [5.41, 5.74) is 1.51. The summed E-state index contributed by atoms with van der Waals surface area (Å²) in [5.74, 6) is 0.614. The molecule has 2 aliphatic heterocycles. The Kier molecular flexibility index (Phi) is 6.31. The van der Waals surface area contributed by atoms with Gasteiger partial charge in [0.15, 0.2) is 6.10 Å². The average Bonchev–Trinajstić information content (AvgIpc) is 2.80. The lowest BCUT2D eigenvalue weighted by molar-refractivity contribution is -0.122. The first-order chi connectivity index (χ1) is 15.7. The van der Waals surface area contributed by atoms with Crippen molar-refractivity contribution in [1.29, 1.82) is 0 Å². The summed E-state index contributed by atoms with van der Waals surface area (Å²) in [4.78, 5) is 26.5. The maximum Gasteiger partial charge on any atom is 0.265 e. The van der Waals surface area contributed by atoms with Crippen molar-refractivity contribution < 1.29 is 27.5 Å². The van der Waals surface area contributed by atoms with Crippen LogP contribution in [-0.4, -0.2) is 68.3 Å². The Morgan fingerprint density at radius 2 is 1.82 bits per heavy atom. The second-order valence-corrected chi connectivity index (χ2v) is 9.92. The maximum atomic E-state index is 13.4. The Hall–Kier alpha value is -3.11. The Labute approximate surface area is 193 Å². The van der Waals surface area contributed by atoms with Crippen LogP contribution in [0.1, 0.15) is 29.8 Å². The number of nitrogens with one attached hydrogen (secondary N) is 1. The van der Waals surface area contributed by atoms with E-state index in [0.29, 0.717) is 48.0 Å². The van der Waals surface area contributed by atoms with Crippen LogP contribution in [0.3, 0.4) is 0 Å². The molecule has 1 atom stereocenters. The van der Waals surface area contributed by atoms with Gasteiger partial charge in [-0.05, 0) is 56.7 Å². The van der Waals surface area contributed by atoms with Crippen LogP contribution in [-0.2, 0) is 14.8 Å². The largest absolute Gasteiger partial charge is 0.494 e. The van der Waals surface area contributed by atoms with E-state index in [2.05, 4.69) is 5.32 Å². The van der Waals surface area contributed by atoms with Crippen LogP contribution in [0.5, 0.6) is 11.5 Å². The molecule has 0 bridgehead atoms. The monoisotopic (exact) mass is 473 g/mol. The molecule has 2 aromatic carbocycles. The molecule has 0 aliphatic carbocycles. The fourth-order valence-corrected chi connectivity index (χ4v) is 5.58. The molecule has 0 spiro atoms. The van der Waals surface area contributed by atoms with E-state index in [1.54, 1.807) is 49.1 Å². The van der Waals surface area contributed by atoms with E-state index in [4.69, 9.17) is 9.47 Å². The van der Waals surface area contributed by atoms with E-state index in [-0.39, 0.29) is 29.8 Å². The lowest BCUT2D eigenvalue weighted by Crippen LogP contribution is -2.50. The number of hydrogen-bond acceptors (Lipinski definition) is 6. The number of amides is 2. The van der Waals surface area contributed by atoms with Gasteiger partial charge in [0.2, 0.25) is 10.0 Å². The Morgan fingerprint density at radius 3 is 2.45 bits per heavy atom. The van der Waals surface area contributed by atoms with Crippen LogP contribution in [0.2, 0.25) is 0 Å². The molecule has 2 heterocycles. The van der Waals surface area contributed by atoms with Crippen molar-refractivity contribution in [2.75, 3.05) is 38.1 Å². The summed E-state index contributed by atoms with van der Waals surface area (Å²) in [6, 6.07) is 10.0. The molecule has 33 heavy (non-hydrogen) atoms. The highest BCUT2D eigenvalue weighted by Crippen LogP contribution is 2.35. The second-order valence-electron chi connectivity index (χ2n) is 8.02. The van der Waals surface area contributed by atoms with Crippen LogP contribution >= 0.6 is 0 Å². The molecule has 10 heteroatoms. The van der Waals surface area contributed by atoms with Crippen molar-refractivity contribution in [1.82, 2.24) is 9.21 Å². The average molecular weight is 474 g/mol. The minimum absolute atomic E-state index is 0.135. The molecule has 176 valence electrons.